The molecular weight excluding hydrogens is 332 g/mol. The minimum Gasteiger partial charge on any atom is -0.496 e. The molecule has 0 bridgehead atoms. The zero-order chi connectivity index (χ0) is 18.7. The maximum absolute atomic E-state index is 5.53. The van der Waals surface area contributed by atoms with Crippen LogP contribution < -0.4 is 19.1 Å². The molecule has 3 rings (SSSR count). The van der Waals surface area contributed by atoms with E-state index in [0.29, 0.717) is 22.9 Å². The van der Waals surface area contributed by atoms with Crippen molar-refractivity contribution >= 4 is 5.69 Å². The Labute approximate surface area is 152 Å². The molecule has 26 heavy (non-hydrogen) atoms. The van der Waals surface area contributed by atoms with Crippen molar-refractivity contribution in [3.63, 3.8) is 0 Å². The highest BCUT2D eigenvalue weighted by Crippen LogP contribution is 2.42. The first-order valence-corrected chi connectivity index (χ1v) is 8.11. The Morgan fingerprint density at radius 3 is 2.00 bits per heavy atom. The molecule has 0 saturated heterocycles. The maximum Gasteiger partial charge on any atom is 0.164 e. The fourth-order valence-electron chi connectivity index (χ4n) is 2.79. The quantitative estimate of drug-likeness (QED) is 0.664. The Morgan fingerprint density at radius 1 is 0.808 bits per heavy atom. The maximum atomic E-state index is 5.53. The summed E-state index contributed by atoms with van der Waals surface area (Å²) in [5.41, 5.74) is 4.45. The van der Waals surface area contributed by atoms with Gasteiger partial charge < -0.3 is 23.6 Å². The SMILES string of the molecule is COc1cc(OC)c(-c2nocc2-c2ccc(N(C)C)cc2)cc1OC. The molecule has 0 spiro atoms. The molecule has 0 aliphatic carbocycles. The van der Waals surface area contributed by atoms with Crippen LogP contribution in [0, 0.1) is 0 Å². The van der Waals surface area contributed by atoms with Gasteiger partial charge in [-0.1, -0.05) is 17.3 Å². The number of rotatable bonds is 6. The van der Waals surface area contributed by atoms with E-state index in [-0.39, 0.29) is 0 Å². The molecule has 6 heteroatoms. The molecule has 2 aromatic carbocycles. The molecular formula is C20H22N2O4. The molecule has 0 saturated carbocycles. The summed E-state index contributed by atoms with van der Waals surface area (Å²) in [6, 6.07) is 11.8. The van der Waals surface area contributed by atoms with Crippen molar-refractivity contribution in [1.29, 1.82) is 0 Å². The van der Waals surface area contributed by atoms with Crippen LogP contribution >= 0.6 is 0 Å². The minimum absolute atomic E-state index is 0.591. The van der Waals surface area contributed by atoms with Gasteiger partial charge in [0.15, 0.2) is 11.5 Å². The predicted octanol–water partition coefficient (Wildman–Crippen LogP) is 4.10. The van der Waals surface area contributed by atoms with Crippen molar-refractivity contribution in [3.8, 4) is 39.6 Å². The zero-order valence-electron chi connectivity index (χ0n) is 15.6. The van der Waals surface area contributed by atoms with E-state index in [4.69, 9.17) is 18.7 Å². The Balaban J connectivity index is 2.11. The first-order valence-electron chi connectivity index (χ1n) is 8.11. The van der Waals surface area contributed by atoms with E-state index in [1.165, 1.54) is 0 Å². The molecule has 3 aromatic rings. The van der Waals surface area contributed by atoms with Crippen LogP contribution in [0.4, 0.5) is 5.69 Å². The predicted molar refractivity (Wildman–Crippen MR) is 101 cm³/mol. The summed E-state index contributed by atoms with van der Waals surface area (Å²) in [6.45, 7) is 0. The van der Waals surface area contributed by atoms with E-state index >= 15 is 0 Å². The van der Waals surface area contributed by atoms with Crippen LogP contribution in [-0.4, -0.2) is 40.6 Å². The molecule has 1 aromatic heterocycles. The van der Waals surface area contributed by atoms with Crippen molar-refractivity contribution in [2.45, 2.75) is 0 Å². The van der Waals surface area contributed by atoms with Gasteiger partial charge in [0.1, 0.15) is 17.7 Å². The Hall–Kier alpha value is -3.15. The normalized spacial score (nSPS) is 10.5. The molecule has 0 amide bonds. The summed E-state index contributed by atoms with van der Waals surface area (Å²) in [5.74, 6) is 1.82. The number of nitrogens with zero attached hydrogens (tertiary/aromatic N) is 2. The van der Waals surface area contributed by atoms with E-state index in [0.717, 1.165) is 22.4 Å². The highest BCUT2D eigenvalue weighted by atomic mass is 16.5. The standard InChI is InChI=1S/C20H22N2O4/c1-22(2)14-8-6-13(7-9-14)16-12-26-21-20(16)15-10-18(24-4)19(25-5)11-17(15)23-3/h6-12H,1-5H3. The van der Waals surface area contributed by atoms with Crippen molar-refractivity contribution in [2.75, 3.05) is 40.3 Å². The third-order valence-corrected chi connectivity index (χ3v) is 4.23. The molecule has 1 heterocycles. The van der Waals surface area contributed by atoms with Crippen LogP contribution in [0.25, 0.3) is 22.4 Å². The number of aromatic nitrogens is 1. The topological polar surface area (TPSA) is 57.0 Å². The first kappa shape index (κ1) is 17.7. The number of hydrogen-bond acceptors (Lipinski definition) is 6. The summed E-state index contributed by atoms with van der Waals surface area (Å²) in [4.78, 5) is 2.05. The Morgan fingerprint density at radius 2 is 1.42 bits per heavy atom. The fourth-order valence-corrected chi connectivity index (χ4v) is 2.79. The molecule has 0 fully saturated rings. The van der Waals surface area contributed by atoms with E-state index in [2.05, 4.69) is 22.2 Å². The van der Waals surface area contributed by atoms with Gasteiger partial charge in [-0.15, -0.1) is 0 Å². The second-order valence-electron chi connectivity index (χ2n) is 5.93. The first-order chi connectivity index (χ1) is 12.6. The lowest BCUT2D eigenvalue weighted by atomic mass is 10.0. The second kappa shape index (κ2) is 7.39. The van der Waals surface area contributed by atoms with E-state index in [1.54, 1.807) is 33.7 Å². The average Bonchev–Trinajstić information content (AvgIpc) is 3.16. The fraction of sp³-hybridized carbons (Fsp3) is 0.250. The smallest absolute Gasteiger partial charge is 0.164 e. The van der Waals surface area contributed by atoms with Gasteiger partial charge in [0, 0.05) is 31.4 Å². The molecule has 0 aliphatic heterocycles. The molecule has 0 N–H and O–H groups in total. The van der Waals surface area contributed by atoms with Gasteiger partial charge >= 0.3 is 0 Å². The summed E-state index contributed by atoms with van der Waals surface area (Å²) < 4.78 is 21.6. The third-order valence-electron chi connectivity index (χ3n) is 4.23. The Kier molecular flexibility index (Phi) is 5.02. The van der Waals surface area contributed by atoms with Gasteiger partial charge in [-0.05, 0) is 23.8 Å². The van der Waals surface area contributed by atoms with E-state index in [1.807, 2.05) is 32.3 Å². The molecule has 6 nitrogen and oxygen atoms in total. The van der Waals surface area contributed by atoms with E-state index < -0.39 is 0 Å². The number of hydrogen-bond donors (Lipinski definition) is 0. The van der Waals surface area contributed by atoms with Gasteiger partial charge in [0.05, 0.1) is 26.9 Å². The number of benzene rings is 2. The van der Waals surface area contributed by atoms with Crippen LogP contribution in [-0.2, 0) is 0 Å². The van der Waals surface area contributed by atoms with Crippen LogP contribution in [0.1, 0.15) is 0 Å². The van der Waals surface area contributed by atoms with Gasteiger partial charge in [0.2, 0.25) is 0 Å². The minimum atomic E-state index is 0.591. The van der Waals surface area contributed by atoms with Crippen LogP contribution in [0.2, 0.25) is 0 Å². The summed E-state index contributed by atoms with van der Waals surface area (Å²) in [7, 11) is 8.81. The van der Waals surface area contributed by atoms with Crippen LogP contribution in [0.5, 0.6) is 17.2 Å². The van der Waals surface area contributed by atoms with Crippen molar-refractivity contribution < 1.29 is 18.7 Å². The van der Waals surface area contributed by atoms with Gasteiger partial charge in [-0.2, -0.15) is 0 Å². The summed E-state index contributed by atoms with van der Waals surface area (Å²) in [5, 5.41) is 4.20. The van der Waals surface area contributed by atoms with Crippen molar-refractivity contribution in [1.82, 2.24) is 5.16 Å². The molecule has 0 aliphatic rings. The zero-order valence-corrected chi connectivity index (χ0v) is 15.6. The average molecular weight is 354 g/mol. The van der Waals surface area contributed by atoms with Crippen LogP contribution in [0.15, 0.2) is 47.2 Å². The molecule has 0 radical (unpaired) electrons. The summed E-state index contributed by atoms with van der Waals surface area (Å²) in [6.07, 6.45) is 1.64. The van der Waals surface area contributed by atoms with Gasteiger partial charge in [0.25, 0.3) is 0 Å². The largest absolute Gasteiger partial charge is 0.496 e. The number of methoxy groups -OCH3 is 3. The lowest BCUT2D eigenvalue weighted by molar-refractivity contribution is 0.349. The van der Waals surface area contributed by atoms with Crippen LogP contribution in [0.3, 0.4) is 0 Å². The van der Waals surface area contributed by atoms with Gasteiger partial charge in [-0.3, -0.25) is 0 Å². The highest BCUT2D eigenvalue weighted by Gasteiger charge is 2.20. The highest BCUT2D eigenvalue weighted by molar-refractivity contribution is 5.84. The second-order valence-corrected chi connectivity index (χ2v) is 5.93. The Bertz CT molecular complexity index is 885. The van der Waals surface area contributed by atoms with E-state index in [9.17, 15) is 0 Å². The lowest BCUT2D eigenvalue weighted by Gasteiger charge is -2.14. The molecule has 0 atom stereocenters. The summed E-state index contributed by atoms with van der Waals surface area (Å²) >= 11 is 0. The monoisotopic (exact) mass is 354 g/mol. The molecule has 136 valence electrons. The third kappa shape index (κ3) is 3.18. The van der Waals surface area contributed by atoms with Crippen molar-refractivity contribution in [3.05, 3.63) is 42.7 Å². The molecule has 0 unspecified atom stereocenters. The van der Waals surface area contributed by atoms with Gasteiger partial charge in [-0.25, -0.2) is 0 Å². The number of ether oxygens (including phenoxy) is 3. The number of anilines is 1. The lowest BCUT2D eigenvalue weighted by Crippen LogP contribution is -2.07. The van der Waals surface area contributed by atoms with Crippen molar-refractivity contribution in [2.24, 2.45) is 0 Å².